The average molecular weight is 656 g/mol. The van der Waals surface area contributed by atoms with Crippen molar-refractivity contribution in [1.29, 1.82) is 0 Å². The number of carbonyl (C=O) groups excluding carboxylic acids is 4. The van der Waals surface area contributed by atoms with E-state index in [-0.39, 0.29) is 38.3 Å². The van der Waals surface area contributed by atoms with E-state index in [1.54, 1.807) is 0 Å². The van der Waals surface area contributed by atoms with Gasteiger partial charge in [-0.05, 0) is 96.7 Å². The molecule has 0 unspecified atom stereocenters. The number of hydrogen-bond donors (Lipinski definition) is 10. The molecule has 1 fully saturated rings. The fourth-order valence-electron chi connectivity index (χ4n) is 5.23. The van der Waals surface area contributed by atoms with Crippen LogP contribution in [0.15, 0.2) is 4.99 Å². The van der Waals surface area contributed by atoms with Crippen LogP contribution in [0.2, 0.25) is 0 Å². The number of carbonyl (C=O) groups is 5. The lowest BCUT2D eigenvalue weighted by Crippen LogP contribution is -2.58. The minimum Gasteiger partial charge on any atom is -0.480 e. The third kappa shape index (κ3) is 15.2. The molecule has 264 valence electrons. The maximum atomic E-state index is 13.7. The number of aliphatic imine (C=N–C) groups is 1. The molecule has 5 atom stereocenters. The Kier molecular flexibility index (Phi) is 20.1. The van der Waals surface area contributed by atoms with Crippen molar-refractivity contribution >= 4 is 35.6 Å². The Balaban J connectivity index is 3.16. The molecule has 4 amide bonds. The number of aliphatic carboxylic acids is 1. The molecule has 16 N–H and O–H groups in total. The van der Waals surface area contributed by atoms with Gasteiger partial charge in [0.25, 0.3) is 0 Å². The molecule has 0 saturated carbocycles. The van der Waals surface area contributed by atoms with Crippen molar-refractivity contribution in [3.8, 4) is 0 Å². The van der Waals surface area contributed by atoms with Gasteiger partial charge in [0.05, 0.1) is 6.04 Å². The summed E-state index contributed by atoms with van der Waals surface area (Å²) in [6, 6.07) is -4.94. The van der Waals surface area contributed by atoms with E-state index in [0.717, 1.165) is 0 Å². The second-order valence-corrected chi connectivity index (χ2v) is 11.6. The zero-order chi connectivity index (χ0) is 34.5. The minimum atomic E-state index is -1.10. The summed E-state index contributed by atoms with van der Waals surface area (Å²) in [5.74, 6) is -3.44. The van der Waals surface area contributed by atoms with Gasteiger partial charge in [0.1, 0.15) is 24.2 Å². The summed E-state index contributed by atoms with van der Waals surface area (Å²) in [7, 11) is 0. The van der Waals surface area contributed by atoms with Crippen LogP contribution in [0, 0.1) is 0 Å². The van der Waals surface area contributed by atoms with Crippen molar-refractivity contribution in [2.75, 3.05) is 32.7 Å². The summed E-state index contributed by atoms with van der Waals surface area (Å²) >= 11 is 0. The van der Waals surface area contributed by atoms with Crippen molar-refractivity contribution in [2.24, 2.45) is 39.4 Å². The Labute approximate surface area is 271 Å². The van der Waals surface area contributed by atoms with E-state index in [1.807, 2.05) is 0 Å². The first-order valence-corrected chi connectivity index (χ1v) is 16.3. The highest BCUT2D eigenvalue weighted by atomic mass is 16.4. The first-order valence-electron chi connectivity index (χ1n) is 16.3. The second kappa shape index (κ2) is 22.9. The fourth-order valence-corrected chi connectivity index (χ4v) is 5.23. The lowest BCUT2D eigenvalue weighted by molar-refractivity contribution is -0.149. The molecule has 1 aliphatic rings. The van der Waals surface area contributed by atoms with Gasteiger partial charge in [-0.15, -0.1) is 0 Å². The largest absolute Gasteiger partial charge is 0.480 e. The number of unbranched alkanes of at least 4 members (excludes halogenated alkanes) is 3. The number of nitrogens with two attached hydrogens (primary N) is 6. The highest BCUT2D eigenvalue weighted by molar-refractivity contribution is 5.95. The van der Waals surface area contributed by atoms with E-state index >= 15 is 0 Å². The number of nitrogens with one attached hydrogen (secondary N) is 3. The second-order valence-electron chi connectivity index (χ2n) is 11.6. The number of likely N-dealkylation sites (tertiary alicyclic amines) is 1. The van der Waals surface area contributed by atoms with Gasteiger partial charge in [-0.1, -0.05) is 6.42 Å². The van der Waals surface area contributed by atoms with Gasteiger partial charge >= 0.3 is 5.97 Å². The predicted octanol–water partition coefficient (Wildman–Crippen LogP) is -2.72. The minimum absolute atomic E-state index is 0.109. The topological polar surface area (TPSA) is 313 Å². The molecule has 17 heteroatoms. The first-order chi connectivity index (χ1) is 22.0. The lowest BCUT2D eigenvalue weighted by Gasteiger charge is -2.29. The Morgan fingerprint density at radius 1 is 0.717 bits per heavy atom. The molecular weight excluding hydrogens is 598 g/mol. The Hall–Kier alpha value is -3.54. The SMILES string of the molecule is NCCCC[C@H](NC(=O)[C@H](CCCN=C(N)N)NC(=O)[C@@H](N)CCCCN)C(=O)N[C@@H](CCCCN)C(=O)N1CCC[C@H]1C(=O)O. The maximum absolute atomic E-state index is 13.7. The molecule has 0 bridgehead atoms. The van der Waals surface area contributed by atoms with E-state index in [2.05, 4.69) is 20.9 Å². The zero-order valence-electron chi connectivity index (χ0n) is 27.0. The van der Waals surface area contributed by atoms with Gasteiger partial charge in [-0.3, -0.25) is 24.2 Å². The Morgan fingerprint density at radius 2 is 1.20 bits per heavy atom. The van der Waals surface area contributed by atoms with Crippen LogP contribution in [-0.4, -0.2) is 108 Å². The quantitative estimate of drug-likeness (QED) is 0.0288. The number of carboxylic acid groups (broad SMARTS) is 1. The van der Waals surface area contributed by atoms with Crippen LogP contribution < -0.4 is 50.4 Å². The van der Waals surface area contributed by atoms with Crippen LogP contribution in [0.4, 0.5) is 0 Å². The molecule has 0 aromatic rings. The molecular formula is C29H57N11O6. The molecule has 0 radical (unpaired) electrons. The van der Waals surface area contributed by atoms with Gasteiger partial charge < -0.3 is 60.4 Å². The summed E-state index contributed by atoms with van der Waals surface area (Å²) in [6.45, 7) is 1.71. The van der Waals surface area contributed by atoms with Crippen LogP contribution >= 0.6 is 0 Å². The van der Waals surface area contributed by atoms with E-state index in [9.17, 15) is 29.1 Å². The molecule has 17 nitrogen and oxygen atoms in total. The van der Waals surface area contributed by atoms with Crippen molar-refractivity contribution < 1.29 is 29.1 Å². The molecule has 1 saturated heterocycles. The molecule has 0 aliphatic carbocycles. The van der Waals surface area contributed by atoms with Crippen molar-refractivity contribution in [3.05, 3.63) is 0 Å². The number of carboxylic acids is 1. The van der Waals surface area contributed by atoms with Crippen LogP contribution in [0.1, 0.15) is 83.5 Å². The average Bonchev–Trinajstić information content (AvgIpc) is 3.51. The van der Waals surface area contributed by atoms with Crippen molar-refractivity contribution in [3.63, 3.8) is 0 Å². The first kappa shape index (κ1) is 40.5. The molecule has 0 aromatic heterocycles. The van der Waals surface area contributed by atoms with Gasteiger partial charge in [0.2, 0.25) is 23.6 Å². The van der Waals surface area contributed by atoms with Crippen LogP contribution in [0.5, 0.6) is 0 Å². The molecule has 1 heterocycles. The predicted molar refractivity (Wildman–Crippen MR) is 175 cm³/mol. The summed E-state index contributed by atoms with van der Waals surface area (Å²) in [5.41, 5.74) is 33.7. The lowest BCUT2D eigenvalue weighted by atomic mass is 10.0. The fraction of sp³-hybridized carbons (Fsp3) is 0.793. The summed E-state index contributed by atoms with van der Waals surface area (Å²) in [4.78, 5) is 70.6. The number of nitrogens with zero attached hydrogens (tertiary/aromatic N) is 2. The Bertz CT molecular complexity index is 995. The zero-order valence-corrected chi connectivity index (χ0v) is 27.0. The summed E-state index contributed by atoms with van der Waals surface area (Å²) in [5, 5.41) is 17.8. The smallest absolute Gasteiger partial charge is 0.326 e. The molecule has 0 aromatic carbocycles. The van der Waals surface area contributed by atoms with E-state index in [0.29, 0.717) is 83.8 Å². The van der Waals surface area contributed by atoms with E-state index < -0.39 is 59.8 Å². The van der Waals surface area contributed by atoms with Crippen molar-refractivity contribution in [1.82, 2.24) is 20.9 Å². The molecule has 46 heavy (non-hydrogen) atoms. The molecule has 0 spiro atoms. The highest BCUT2D eigenvalue weighted by Gasteiger charge is 2.38. The van der Waals surface area contributed by atoms with Crippen LogP contribution in [0.25, 0.3) is 0 Å². The number of rotatable bonds is 24. The van der Waals surface area contributed by atoms with Crippen LogP contribution in [0.3, 0.4) is 0 Å². The number of amides is 4. The standard InChI is InChI=1S/C29H57N11O6/c30-14-4-1-9-19(33)24(41)37-21(12-7-17-36-29(34)35)25(42)38-20(10-2-5-15-31)26(43)39-22(11-3-6-16-32)27(44)40-18-8-13-23(40)28(45)46/h19-23H,1-18,30-33H2,(H,37,41)(H,38,42)(H,39,43)(H,45,46)(H4,34,35,36)/t19-,20-,21-,22-,23-/m0/s1. The number of hydrogen-bond acceptors (Lipinski definition) is 10. The van der Waals surface area contributed by atoms with E-state index in [4.69, 9.17) is 34.4 Å². The Morgan fingerprint density at radius 3 is 1.72 bits per heavy atom. The maximum Gasteiger partial charge on any atom is 0.326 e. The normalized spacial score (nSPS) is 17.0. The monoisotopic (exact) mass is 655 g/mol. The summed E-state index contributed by atoms with van der Waals surface area (Å²) < 4.78 is 0. The third-order valence-electron chi connectivity index (χ3n) is 7.85. The number of guanidine groups is 1. The van der Waals surface area contributed by atoms with Gasteiger partial charge in [-0.25, -0.2) is 4.79 Å². The van der Waals surface area contributed by atoms with Crippen LogP contribution in [-0.2, 0) is 24.0 Å². The highest BCUT2D eigenvalue weighted by Crippen LogP contribution is 2.20. The van der Waals surface area contributed by atoms with Crippen molar-refractivity contribution in [2.45, 2.75) is 114 Å². The summed E-state index contributed by atoms with van der Waals surface area (Å²) in [6.07, 6.45) is 5.79. The third-order valence-corrected chi connectivity index (χ3v) is 7.85. The van der Waals surface area contributed by atoms with Gasteiger partial charge in [0, 0.05) is 13.1 Å². The van der Waals surface area contributed by atoms with E-state index in [1.165, 1.54) is 4.90 Å². The molecule has 1 rings (SSSR count). The van der Waals surface area contributed by atoms with Gasteiger partial charge in [0.15, 0.2) is 5.96 Å². The molecule has 1 aliphatic heterocycles. The van der Waals surface area contributed by atoms with Gasteiger partial charge in [-0.2, -0.15) is 0 Å².